The highest BCUT2D eigenvalue weighted by molar-refractivity contribution is 7.89. The normalized spacial score (nSPS) is 11.4. The molecule has 0 unspecified atom stereocenters. The summed E-state index contributed by atoms with van der Waals surface area (Å²) in [7, 11) is -3.73. The monoisotopic (exact) mass is 477 g/mol. The Kier molecular flexibility index (Phi) is 7.71. The maximum atomic E-state index is 12.3. The predicted octanol–water partition coefficient (Wildman–Crippen LogP) is 3.41. The Hall–Kier alpha value is -2.40. The number of hydrogen-bond donors (Lipinski definition) is 2. The number of benzene rings is 1. The van der Waals surface area contributed by atoms with E-state index < -0.39 is 10.0 Å². The van der Waals surface area contributed by atoms with Gasteiger partial charge in [0.25, 0.3) is 0 Å². The standard InChI is InChI=1S/C21H23N3O4S3/c1-14(25)16-3-6-18(7-4-16)31(27,28)23-12-10-21(26)22-11-9-17-5-8-20(30-17)19-13-29-15(2)24-19/h3-8,13,23H,9-12H2,1-2H3,(H,22,26). The molecule has 0 fully saturated rings. The zero-order chi connectivity index (χ0) is 22.4. The van der Waals surface area contributed by atoms with Crippen molar-refractivity contribution in [1.29, 1.82) is 0 Å². The van der Waals surface area contributed by atoms with E-state index in [9.17, 15) is 18.0 Å². The lowest BCUT2D eigenvalue weighted by Gasteiger charge is -2.08. The molecule has 0 aliphatic carbocycles. The van der Waals surface area contributed by atoms with E-state index in [2.05, 4.69) is 15.0 Å². The fourth-order valence-electron chi connectivity index (χ4n) is 2.79. The van der Waals surface area contributed by atoms with Crippen molar-refractivity contribution in [2.24, 2.45) is 0 Å². The fourth-order valence-corrected chi connectivity index (χ4v) is 5.48. The van der Waals surface area contributed by atoms with Gasteiger partial charge in [-0.1, -0.05) is 12.1 Å². The first kappa shape index (κ1) is 23.3. The minimum atomic E-state index is -3.73. The van der Waals surface area contributed by atoms with Crippen molar-refractivity contribution < 1.29 is 18.0 Å². The van der Waals surface area contributed by atoms with Crippen LogP contribution in [0.4, 0.5) is 0 Å². The van der Waals surface area contributed by atoms with Gasteiger partial charge >= 0.3 is 0 Å². The molecule has 0 bridgehead atoms. The Bertz CT molecular complexity index is 1160. The number of thiophene rings is 1. The molecular formula is C21H23N3O4S3. The van der Waals surface area contributed by atoms with Crippen molar-refractivity contribution in [2.75, 3.05) is 13.1 Å². The SMILES string of the molecule is CC(=O)c1ccc(S(=O)(=O)NCCC(=O)NCCc2ccc(-c3csc(C)n3)s2)cc1. The first-order valence-electron chi connectivity index (χ1n) is 9.63. The van der Waals surface area contributed by atoms with Crippen LogP contribution in [0.15, 0.2) is 46.7 Å². The molecule has 1 amide bonds. The fraction of sp³-hybridized carbons (Fsp3) is 0.286. The van der Waals surface area contributed by atoms with Crippen molar-refractivity contribution in [3.05, 3.63) is 57.2 Å². The van der Waals surface area contributed by atoms with Crippen molar-refractivity contribution >= 4 is 44.4 Å². The summed E-state index contributed by atoms with van der Waals surface area (Å²) in [5.41, 5.74) is 1.42. The first-order chi connectivity index (χ1) is 14.7. The Morgan fingerprint density at radius 1 is 1.06 bits per heavy atom. The van der Waals surface area contributed by atoms with Gasteiger partial charge in [-0.05, 0) is 44.5 Å². The van der Waals surface area contributed by atoms with Crippen LogP contribution >= 0.6 is 22.7 Å². The molecule has 7 nitrogen and oxygen atoms in total. The number of ketones is 1. The summed E-state index contributed by atoms with van der Waals surface area (Å²) in [4.78, 5) is 30.1. The molecule has 0 aliphatic heterocycles. The van der Waals surface area contributed by atoms with Crippen LogP contribution in [0.25, 0.3) is 10.6 Å². The van der Waals surface area contributed by atoms with Crippen LogP contribution in [-0.4, -0.2) is 38.2 Å². The Morgan fingerprint density at radius 3 is 2.45 bits per heavy atom. The minimum Gasteiger partial charge on any atom is -0.356 e. The summed E-state index contributed by atoms with van der Waals surface area (Å²) >= 11 is 3.27. The highest BCUT2D eigenvalue weighted by Gasteiger charge is 2.14. The molecule has 0 saturated carbocycles. The molecule has 2 aromatic heterocycles. The molecule has 164 valence electrons. The van der Waals surface area contributed by atoms with Crippen molar-refractivity contribution in [1.82, 2.24) is 15.0 Å². The lowest BCUT2D eigenvalue weighted by Crippen LogP contribution is -2.31. The van der Waals surface area contributed by atoms with E-state index in [1.807, 2.05) is 24.4 Å². The third-order valence-corrected chi connectivity index (χ3v) is 7.86. The van der Waals surface area contributed by atoms with Crippen LogP contribution < -0.4 is 10.0 Å². The molecule has 1 aromatic carbocycles. The Morgan fingerprint density at radius 2 is 1.81 bits per heavy atom. The lowest BCUT2D eigenvalue weighted by atomic mass is 10.2. The summed E-state index contributed by atoms with van der Waals surface area (Å²) < 4.78 is 27.0. The summed E-state index contributed by atoms with van der Waals surface area (Å²) in [6.45, 7) is 3.87. The van der Waals surface area contributed by atoms with E-state index in [1.54, 1.807) is 22.7 Å². The molecule has 10 heteroatoms. The molecule has 3 rings (SSSR count). The van der Waals surface area contributed by atoms with Gasteiger partial charge in [0.15, 0.2) is 5.78 Å². The summed E-state index contributed by atoms with van der Waals surface area (Å²) in [5.74, 6) is -0.355. The third-order valence-electron chi connectivity index (χ3n) is 4.44. The second-order valence-electron chi connectivity index (χ2n) is 6.85. The molecular weight excluding hydrogens is 454 g/mol. The van der Waals surface area contributed by atoms with E-state index >= 15 is 0 Å². The number of amides is 1. The molecule has 0 atom stereocenters. The van der Waals surface area contributed by atoms with Crippen LogP contribution in [-0.2, 0) is 21.2 Å². The van der Waals surface area contributed by atoms with Crippen molar-refractivity contribution in [3.8, 4) is 10.6 Å². The zero-order valence-corrected chi connectivity index (χ0v) is 19.6. The largest absolute Gasteiger partial charge is 0.356 e. The zero-order valence-electron chi connectivity index (χ0n) is 17.2. The molecule has 3 aromatic rings. The van der Waals surface area contributed by atoms with Gasteiger partial charge in [-0.2, -0.15) is 0 Å². The molecule has 0 saturated heterocycles. The van der Waals surface area contributed by atoms with E-state index in [1.165, 1.54) is 31.2 Å². The number of thiazole rings is 1. The molecule has 0 aliphatic rings. The molecule has 2 heterocycles. The number of aromatic nitrogens is 1. The predicted molar refractivity (Wildman–Crippen MR) is 123 cm³/mol. The van der Waals surface area contributed by atoms with Gasteiger partial charge < -0.3 is 5.32 Å². The van der Waals surface area contributed by atoms with Gasteiger partial charge in [0, 0.05) is 35.3 Å². The van der Waals surface area contributed by atoms with E-state index in [0.29, 0.717) is 18.5 Å². The first-order valence-corrected chi connectivity index (χ1v) is 12.8. The quantitative estimate of drug-likeness (QED) is 0.436. The third kappa shape index (κ3) is 6.54. The summed E-state index contributed by atoms with van der Waals surface area (Å²) in [6, 6.07) is 9.76. The van der Waals surface area contributed by atoms with Crippen molar-refractivity contribution in [2.45, 2.75) is 31.6 Å². The number of hydrogen-bond acceptors (Lipinski definition) is 7. The van der Waals surface area contributed by atoms with Crippen LogP contribution in [0.2, 0.25) is 0 Å². The van der Waals surface area contributed by atoms with Gasteiger partial charge in [0.2, 0.25) is 15.9 Å². The summed E-state index contributed by atoms with van der Waals surface area (Å²) in [5, 5.41) is 5.87. The average Bonchev–Trinajstić information content (AvgIpc) is 3.37. The highest BCUT2D eigenvalue weighted by Crippen LogP contribution is 2.29. The van der Waals surface area contributed by atoms with Gasteiger partial charge in [-0.15, -0.1) is 22.7 Å². The van der Waals surface area contributed by atoms with Crippen molar-refractivity contribution in [3.63, 3.8) is 0 Å². The number of carbonyl (C=O) groups is 2. The van der Waals surface area contributed by atoms with Gasteiger partial charge in [0.1, 0.15) is 0 Å². The number of Topliss-reactive ketones (excluding diaryl/α,β-unsaturated/α-hetero) is 1. The van der Waals surface area contributed by atoms with Crippen LogP contribution in [0.3, 0.4) is 0 Å². The number of nitrogens with one attached hydrogen (secondary N) is 2. The van der Waals surface area contributed by atoms with Gasteiger partial charge in [0.05, 0.1) is 20.5 Å². The van der Waals surface area contributed by atoms with Crippen LogP contribution in [0, 0.1) is 6.92 Å². The number of rotatable bonds is 10. The molecule has 0 spiro atoms. The molecule has 0 radical (unpaired) electrons. The second-order valence-corrected chi connectivity index (χ2v) is 10.8. The summed E-state index contributed by atoms with van der Waals surface area (Å²) in [6.07, 6.45) is 0.742. The average molecular weight is 478 g/mol. The number of carbonyl (C=O) groups excluding carboxylic acids is 2. The van der Waals surface area contributed by atoms with Crippen LogP contribution in [0.5, 0.6) is 0 Å². The van der Waals surface area contributed by atoms with Gasteiger partial charge in [-0.3, -0.25) is 9.59 Å². The lowest BCUT2D eigenvalue weighted by molar-refractivity contribution is -0.120. The van der Waals surface area contributed by atoms with Gasteiger partial charge in [-0.25, -0.2) is 18.1 Å². The van der Waals surface area contributed by atoms with E-state index in [4.69, 9.17) is 0 Å². The highest BCUT2D eigenvalue weighted by atomic mass is 32.2. The smallest absolute Gasteiger partial charge is 0.240 e. The van der Waals surface area contributed by atoms with Crippen LogP contribution in [0.1, 0.15) is 33.6 Å². The molecule has 2 N–H and O–H groups in total. The minimum absolute atomic E-state index is 0.00501. The number of nitrogens with zero attached hydrogens (tertiary/aromatic N) is 1. The Balaban J connectivity index is 1.40. The maximum Gasteiger partial charge on any atom is 0.240 e. The second kappa shape index (κ2) is 10.3. The van der Waals surface area contributed by atoms with E-state index in [-0.39, 0.29) is 29.6 Å². The molecule has 31 heavy (non-hydrogen) atoms. The Labute approximate surface area is 189 Å². The number of aryl methyl sites for hydroxylation is 1. The van der Waals surface area contributed by atoms with E-state index in [0.717, 1.165) is 20.5 Å². The topological polar surface area (TPSA) is 105 Å². The number of sulfonamides is 1. The maximum absolute atomic E-state index is 12.3.